The van der Waals surface area contributed by atoms with Crippen LogP contribution in [-0.4, -0.2) is 39.1 Å². The van der Waals surface area contributed by atoms with Crippen molar-refractivity contribution in [2.75, 3.05) is 6.61 Å². The Balaban J connectivity index is 1.61. The van der Waals surface area contributed by atoms with Gasteiger partial charge in [0.15, 0.2) is 5.78 Å². The number of aromatic nitrogens is 3. The second kappa shape index (κ2) is 7.09. The summed E-state index contributed by atoms with van der Waals surface area (Å²) in [5, 5.41) is 4.84. The number of carbonyl (C=O) groups excluding carboxylic acids is 1. The average Bonchev–Trinajstić information content (AvgIpc) is 3.29. The van der Waals surface area contributed by atoms with Gasteiger partial charge < -0.3 is 9.47 Å². The van der Waals surface area contributed by atoms with Crippen LogP contribution in [0.5, 0.6) is 0 Å². The first-order chi connectivity index (χ1) is 13.7. The van der Waals surface area contributed by atoms with E-state index >= 15 is 0 Å². The monoisotopic (exact) mass is 393 g/mol. The minimum Gasteiger partial charge on any atom is -0.343 e. The standard InChI is InChI=1S/C21H19N3O3S/c25-17-12-16(18-13-26-20(17)27-18)24-21(28)23(15-9-5-2-6-10-15)19(22-24)11-14-7-3-1-4-8-14/h1-10,16,18,20H,11-13H2. The molecule has 3 heterocycles. The van der Waals surface area contributed by atoms with Crippen molar-refractivity contribution < 1.29 is 14.3 Å². The molecule has 0 N–H and O–H groups in total. The fraction of sp³-hybridized carbons (Fsp3) is 0.286. The predicted octanol–water partition coefficient (Wildman–Crippen LogP) is 3.25. The first kappa shape index (κ1) is 17.5. The number of fused-ring (bicyclic) bond motifs is 2. The molecule has 0 spiro atoms. The number of nitrogens with zero attached hydrogens (tertiary/aromatic N) is 3. The Hall–Kier alpha value is -2.61. The molecular formula is C21H19N3O3S. The lowest BCUT2D eigenvalue weighted by Gasteiger charge is -2.26. The maximum Gasteiger partial charge on any atom is 0.218 e. The SMILES string of the molecule is O=C1CC(n2nc(Cc3ccccc3)n(-c3ccccc3)c2=S)C2COC1O2. The maximum atomic E-state index is 12.3. The van der Waals surface area contributed by atoms with E-state index in [2.05, 4.69) is 12.1 Å². The molecule has 2 aliphatic heterocycles. The molecule has 3 unspecified atom stereocenters. The van der Waals surface area contributed by atoms with Gasteiger partial charge in [-0.15, -0.1) is 0 Å². The fourth-order valence-corrected chi connectivity index (χ4v) is 4.23. The van der Waals surface area contributed by atoms with Gasteiger partial charge in [-0.2, -0.15) is 5.10 Å². The number of rotatable bonds is 4. The minimum absolute atomic E-state index is 0.0560. The molecular weight excluding hydrogens is 374 g/mol. The number of carbonyl (C=O) groups is 1. The van der Waals surface area contributed by atoms with Gasteiger partial charge in [-0.1, -0.05) is 48.5 Å². The normalized spacial score (nSPS) is 23.9. The summed E-state index contributed by atoms with van der Waals surface area (Å²) in [6, 6.07) is 19.8. The molecule has 3 aromatic rings. The van der Waals surface area contributed by atoms with E-state index in [0.29, 0.717) is 24.2 Å². The summed E-state index contributed by atoms with van der Waals surface area (Å²) in [7, 11) is 0. The van der Waals surface area contributed by atoms with E-state index in [1.54, 1.807) is 4.68 Å². The quantitative estimate of drug-likeness (QED) is 0.637. The lowest BCUT2D eigenvalue weighted by molar-refractivity contribution is -0.156. The number of Topliss-reactive ketones (excluding diaryl/α,β-unsaturated/α-hetero) is 1. The molecule has 7 heteroatoms. The van der Waals surface area contributed by atoms with Crippen LogP contribution in [0, 0.1) is 4.77 Å². The van der Waals surface area contributed by atoms with Gasteiger partial charge in [0.1, 0.15) is 11.9 Å². The van der Waals surface area contributed by atoms with E-state index in [-0.39, 0.29) is 17.9 Å². The second-order valence-electron chi connectivity index (χ2n) is 7.05. The van der Waals surface area contributed by atoms with E-state index < -0.39 is 6.29 Å². The summed E-state index contributed by atoms with van der Waals surface area (Å²) in [5.74, 6) is 0.774. The third-order valence-corrected chi connectivity index (χ3v) is 5.58. The highest BCUT2D eigenvalue weighted by atomic mass is 32.1. The topological polar surface area (TPSA) is 58.3 Å². The maximum absolute atomic E-state index is 12.3. The number of ether oxygens (including phenoxy) is 2. The Morgan fingerprint density at radius 2 is 1.79 bits per heavy atom. The van der Waals surface area contributed by atoms with E-state index in [1.165, 1.54) is 0 Å². The van der Waals surface area contributed by atoms with Gasteiger partial charge >= 0.3 is 0 Å². The third-order valence-electron chi connectivity index (χ3n) is 5.21. The molecule has 2 aromatic carbocycles. The van der Waals surface area contributed by atoms with Crippen LogP contribution in [0.3, 0.4) is 0 Å². The molecule has 2 aliphatic rings. The Labute approximate surface area is 167 Å². The van der Waals surface area contributed by atoms with E-state index in [4.69, 9.17) is 26.8 Å². The molecule has 3 atom stereocenters. The zero-order valence-corrected chi connectivity index (χ0v) is 15.9. The zero-order chi connectivity index (χ0) is 19.1. The summed E-state index contributed by atoms with van der Waals surface area (Å²) < 4.78 is 15.5. The van der Waals surface area contributed by atoms with E-state index in [9.17, 15) is 4.79 Å². The first-order valence-electron chi connectivity index (χ1n) is 9.30. The highest BCUT2D eigenvalue weighted by Gasteiger charge is 2.45. The Morgan fingerprint density at radius 1 is 1.07 bits per heavy atom. The second-order valence-corrected chi connectivity index (χ2v) is 7.42. The summed E-state index contributed by atoms with van der Waals surface area (Å²) in [4.78, 5) is 12.3. The van der Waals surface area contributed by atoms with Crippen molar-refractivity contribution in [3.63, 3.8) is 0 Å². The number of hydrogen-bond donors (Lipinski definition) is 0. The highest BCUT2D eigenvalue weighted by Crippen LogP contribution is 2.33. The van der Waals surface area contributed by atoms with Crippen LogP contribution in [0.1, 0.15) is 23.9 Å². The van der Waals surface area contributed by atoms with Gasteiger partial charge in [0.05, 0.1) is 12.6 Å². The lowest BCUT2D eigenvalue weighted by Crippen LogP contribution is -2.37. The van der Waals surface area contributed by atoms with Crippen LogP contribution in [-0.2, 0) is 20.7 Å². The van der Waals surface area contributed by atoms with Crippen molar-refractivity contribution in [3.05, 3.63) is 76.8 Å². The van der Waals surface area contributed by atoms with Crippen molar-refractivity contribution >= 4 is 18.0 Å². The molecule has 2 fully saturated rings. The third kappa shape index (κ3) is 3.01. The van der Waals surface area contributed by atoms with Crippen molar-refractivity contribution in [2.24, 2.45) is 0 Å². The van der Waals surface area contributed by atoms with E-state index in [1.807, 2.05) is 53.1 Å². The fourth-order valence-electron chi connectivity index (χ4n) is 3.84. The molecule has 0 saturated carbocycles. The van der Waals surface area contributed by atoms with Crippen LogP contribution >= 0.6 is 12.2 Å². The molecule has 2 saturated heterocycles. The van der Waals surface area contributed by atoms with Crippen LogP contribution < -0.4 is 0 Å². The number of ketones is 1. The van der Waals surface area contributed by atoms with Gasteiger partial charge in [-0.05, 0) is 29.9 Å². The van der Waals surface area contributed by atoms with Crippen LogP contribution in [0.15, 0.2) is 60.7 Å². The van der Waals surface area contributed by atoms with Crippen LogP contribution in [0.4, 0.5) is 0 Å². The molecule has 6 nitrogen and oxygen atoms in total. The van der Waals surface area contributed by atoms with Crippen molar-refractivity contribution in [1.29, 1.82) is 0 Å². The Morgan fingerprint density at radius 3 is 2.54 bits per heavy atom. The molecule has 0 amide bonds. The molecule has 0 aliphatic carbocycles. The van der Waals surface area contributed by atoms with Gasteiger partial charge in [-0.3, -0.25) is 9.36 Å². The molecule has 0 radical (unpaired) electrons. The predicted molar refractivity (Wildman–Crippen MR) is 105 cm³/mol. The smallest absolute Gasteiger partial charge is 0.218 e. The largest absolute Gasteiger partial charge is 0.343 e. The molecule has 142 valence electrons. The molecule has 28 heavy (non-hydrogen) atoms. The summed E-state index contributed by atoms with van der Waals surface area (Å²) >= 11 is 5.80. The van der Waals surface area contributed by atoms with Crippen molar-refractivity contribution in [3.8, 4) is 5.69 Å². The highest BCUT2D eigenvalue weighted by molar-refractivity contribution is 7.71. The summed E-state index contributed by atoms with van der Waals surface area (Å²) in [6.07, 6.45) is 0.0197. The average molecular weight is 393 g/mol. The van der Waals surface area contributed by atoms with E-state index in [0.717, 1.165) is 17.1 Å². The summed E-state index contributed by atoms with van der Waals surface area (Å²) in [5.41, 5.74) is 2.10. The van der Waals surface area contributed by atoms with Crippen LogP contribution in [0.25, 0.3) is 5.69 Å². The van der Waals surface area contributed by atoms with Gasteiger partial charge in [0.2, 0.25) is 11.1 Å². The Bertz CT molecular complexity index is 1060. The molecule has 5 rings (SSSR count). The lowest BCUT2D eigenvalue weighted by atomic mass is 10.0. The molecule has 1 aromatic heterocycles. The Kier molecular flexibility index (Phi) is 4.43. The summed E-state index contributed by atoms with van der Waals surface area (Å²) in [6.45, 7) is 0.384. The molecule has 2 bridgehead atoms. The van der Waals surface area contributed by atoms with Crippen molar-refractivity contribution in [1.82, 2.24) is 14.3 Å². The van der Waals surface area contributed by atoms with Crippen molar-refractivity contribution in [2.45, 2.75) is 31.3 Å². The minimum atomic E-state index is -0.726. The van der Waals surface area contributed by atoms with Gasteiger partial charge in [0, 0.05) is 18.5 Å². The van der Waals surface area contributed by atoms with Crippen LogP contribution in [0.2, 0.25) is 0 Å². The first-order valence-corrected chi connectivity index (χ1v) is 9.71. The number of benzene rings is 2. The van der Waals surface area contributed by atoms with Gasteiger partial charge in [0.25, 0.3) is 0 Å². The number of para-hydroxylation sites is 1. The van der Waals surface area contributed by atoms with Gasteiger partial charge in [-0.25, -0.2) is 4.68 Å². The number of hydrogen-bond acceptors (Lipinski definition) is 5. The zero-order valence-electron chi connectivity index (χ0n) is 15.1.